The van der Waals surface area contributed by atoms with Crippen LogP contribution in [0.4, 0.5) is 0 Å². The highest BCUT2D eigenvalue weighted by Gasteiger charge is 2.12. The summed E-state index contributed by atoms with van der Waals surface area (Å²) in [5.41, 5.74) is 2.47. The maximum absolute atomic E-state index is 4.51. The minimum Gasteiger partial charge on any atom is -0.305 e. The molecule has 0 spiro atoms. The van der Waals surface area contributed by atoms with Crippen molar-refractivity contribution in [1.82, 2.24) is 10.3 Å². The second-order valence-electron chi connectivity index (χ2n) is 5.47. The van der Waals surface area contributed by atoms with Crippen LogP contribution in [0.25, 0.3) is 10.8 Å². The standard InChI is InChI=1S/C18H20N2S/c1-12(18-13(2)20-14(3)21-18)19-11-15-8-9-16-6-4-5-7-17(16)10-15/h4-10,12,19H,11H2,1-3H3. The Hall–Kier alpha value is -1.71. The van der Waals surface area contributed by atoms with Gasteiger partial charge in [-0.25, -0.2) is 4.98 Å². The van der Waals surface area contributed by atoms with Crippen LogP contribution in [0.3, 0.4) is 0 Å². The van der Waals surface area contributed by atoms with E-state index in [1.807, 2.05) is 0 Å². The summed E-state index contributed by atoms with van der Waals surface area (Å²) in [7, 11) is 0. The van der Waals surface area contributed by atoms with Crippen molar-refractivity contribution in [2.75, 3.05) is 0 Å². The Bertz CT molecular complexity index is 761. The first-order valence-electron chi connectivity index (χ1n) is 7.28. The van der Waals surface area contributed by atoms with Crippen LogP contribution in [0.5, 0.6) is 0 Å². The van der Waals surface area contributed by atoms with Crippen molar-refractivity contribution in [3.63, 3.8) is 0 Å². The van der Waals surface area contributed by atoms with Crippen LogP contribution in [-0.4, -0.2) is 4.98 Å². The van der Waals surface area contributed by atoms with Gasteiger partial charge in [-0.1, -0.05) is 36.4 Å². The number of aryl methyl sites for hydroxylation is 2. The molecular formula is C18H20N2S. The molecule has 0 amide bonds. The van der Waals surface area contributed by atoms with E-state index in [-0.39, 0.29) is 0 Å². The first-order valence-corrected chi connectivity index (χ1v) is 8.10. The number of nitrogens with one attached hydrogen (secondary N) is 1. The molecule has 3 heteroatoms. The van der Waals surface area contributed by atoms with Crippen molar-refractivity contribution in [3.8, 4) is 0 Å². The third-order valence-electron chi connectivity index (χ3n) is 3.76. The van der Waals surface area contributed by atoms with Crippen molar-refractivity contribution in [3.05, 3.63) is 63.6 Å². The minimum absolute atomic E-state index is 0.336. The molecule has 0 aliphatic heterocycles. The summed E-state index contributed by atoms with van der Waals surface area (Å²) in [5, 5.41) is 7.34. The topological polar surface area (TPSA) is 24.9 Å². The molecule has 1 N–H and O–H groups in total. The van der Waals surface area contributed by atoms with Gasteiger partial charge in [-0.2, -0.15) is 0 Å². The van der Waals surface area contributed by atoms with Crippen molar-refractivity contribution in [1.29, 1.82) is 0 Å². The summed E-state index contributed by atoms with van der Waals surface area (Å²) in [5.74, 6) is 0. The normalized spacial score (nSPS) is 12.7. The Kier molecular flexibility index (Phi) is 4.04. The van der Waals surface area contributed by atoms with Crippen LogP contribution in [0.15, 0.2) is 42.5 Å². The lowest BCUT2D eigenvalue weighted by Gasteiger charge is -2.13. The lowest BCUT2D eigenvalue weighted by atomic mass is 10.1. The summed E-state index contributed by atoms with van der Waals surface area (Å²) in [4.78, 5) is 5.85. The van der Waals surface area contributed by atoms with Gasteiger partial charge >= 0.3 is 0 Å². The third kappa shape index (κ3) is 3.14. The van der Waals surface area contributed by atoms with Crippen molar-refractivity contribution in [2.24, 2.45) is 0 Å². The number of hydrogen-bond donors (Lipinski definition) is 1. The summed E-state index contributed by atoms with van der Waals surface area (Å²) in [6.07, 6.45) is 0. The van der Waals surface area contributed by atoms with Crippen LogP contribution >= 0.6 is 11.3 Å². The van der Waals surface area contributed by atoms with Gasteiger partial charge in [0.15, 0.2) is 0 Å². The predicted octanol–water partition coefficient (Wildman–Crippen LogP) is 4.76. The molecule has 1 atom stereocenters. The molecule has 3 aromatic rings. The summed E-state index contributed by atoms with van der Waals surface area (Å²) >= 11 is 1.79. The van der Waals surface area contributed by atoms with Gasteiger partial charge in [-0.3, -0.25) is 0 Å². The first kappa shape index (κ1) is 14.2. The van der Waals surface area contributed by atoms with E-state index in [4.69, 9.17) is 0 Å². The number of aromatic nitrogens is 1. The largest absolute Gasteiger partial charge is 0.305 e. The molecule has 0 fully saturated rings. The van der Waals surface area contributed by atoms with Gasteiger partial charge in [0.1, 0.15) is 0 Å². The van der Waals surface area contributed by atoms with Crippen molar-refractivity contribution in [2.45, 2.75) is 33.4 Å². The lowest BCUT2D eigenvalue weighted by Crippen LogP contribution is -2.17. The highest BCUT2D eigenvalue weighted by Crippen LogP contribution is 2.25. The van der Waals surface area contributed by atoms with E-state index < -0.39 is 0 Å². The highest BCUT2D eigenvalue weighted by atomic mass is 32.1. The van der Waals surface area contributed by atoms with E-state index >= 15 is 0 Å². The number of nitrogens with zero attached hydrogens (tertiary/aromatic N) is 1. The van der Waals surface area contributed by atoms with Crippen molar-refractivity contribution >= 4 is 22.1 Å². The molecule has 0 bridgehead atoms. The molecule has 0 saturated carbocycles. The Morgan fingerprint density at radius 2 is 1.86 bits per heavy atom. The first-order chi connectivity index (χ1) is 10.1. The molecule has 108 valence electrons. The van der Waals surface area contributed by atoms with E-state index in [0.717, 1.165) is 17.2 Å². The molecule has 0 aliphatic rings. The molecule has 1 heterocycles. The Morgan fingerprint density at radius 1 is 1.10 bits per heavy atom. The predicted molar refractivity (Wildman–Crippen MR) is 90.8 cm³/mol. The molecule has 0 radical (unpaired) electrons. The molecule has 1 aromatic heterocycles. The molecule has 3 rings (SSSR count). The van der Waals surface area contributed by atoms with E-state index in [9.17, 15) is 0 Å². The Labute approximate surface area is 129 Å². The zero-order valence-corrected chi connectivity index (χ0v) is 13.5. The molecule has 0 saturated heterocycles. The van der Waals surface area contributed by atoms with Gasteiger partial charge in [0.2, 0.25) is 0 Å². The smallest absolute Gasteiger partial charge is 0.0900 e. The van der Waals surface area contributed by atoms with Gasteiger partial charge in [-0.15, -0.1) is 11.3 Å². The fourth-order valence-corrected chi connectivity index (χ4v) is 3.62. The van der Waals surface area contributed by atoms with Crippen LogP contribution < -0.4 is 5.32 Å². The van der Waals surface area contributed by atoms with Crippen LogP contribution in [0, 0.1) is 13.8 Å². The van der Waals surface area contributed by atoms with Gasteiger partial charge in [-0.05, 0) is 43.2 Å². The molecule has 21 heavy (non-hydrogen) atoms. The second-order valence-corrected chi connectivity index (χ2v) is 6.70. The quantitative estimate of drug-likeness (QED) is 0.750. The van der Waals surface area contributed by atoms with E-state index in [0.29, 0.717) is 6.04 Å². The van der Waals surface area contributed by atoms with Gasteiger partial charge in [0, 0.05) is 17.5 Å². The summed E-state index contributed by atoms with van der Waals surface area (Å²) in [6.45, 7) is 7.24. The third-order valence-corrected chi connectivity index (χ3v) is 5.01. The highest BCUT2D eigenvalue weighted by molar-refractivity contribution is 7.11. The maximum atomic E-state index is 4.51. The fraction of sp³-hybridized carbons (Fsp3) is 0.278. The van der Waals surface area contributed by atoms with Crippen LogP contribution in [0.1, 0.15) is 34.1 Å². The molecule has 0 aliphatic carbocycles. The van der Waals surface area contributed by atoms with E-state index in [2.05, 4.69) is 73.5 Å². The summed E-state index contributed by atoms with van der Waals surface area (Å²) in [6, 6.07) is 15.5. The second kappa shape index (κ2) is 5.96. The van der Waals surface area contributed by atoms with E-state index in [1.54, 1.807) is 11.3 Å². The lowest BCUT2D eigenvalue weighted by molar-refractivity contribution is 0.580. The molecule has 2 aromatic carbocycles. The van der Waals surface area contributed by atoms with Crippen LogP contribution in [0.2, 0.25) is 0 Å². The van der Waals surface area contributed by atoms with Gasteiger partial charge in [0.05, 0.1) is 10.7 Å². The number of rotatable bonds is 4. The minimum atomic E-state index is 0.336. The Balaban J connectivity index is 1.72. The van der Waals surface area contributed by atoms with Crippen molar-refractivity contribution < 1.29 is 0 Å². The average molecular weight is 296 g/mol. The zero-order valence-electron chi connectivity index (χ0n) is 12.7. The molecular weight excluding hydrogens is 276 g/mol. The van der Waals surface area contributed by atoms with Gasteiger partial charge < -0.3 is 5.32 Å². The number of thiazole rings is 1. The molecule has 2 nitrogen and oxygen atoms in total. The summed E-state index contributed by atoms with van der Waals surface area (Å²) < 4.78 is 0. The van der Waals surface area contributed by atoms with E-state index in [1.165, 1.54) is 21.2 Å². The zero-order chi connectivity index (χ0) is 14.8. The Morgan fingerprint density at radius 3 is 2.57 bits per heavy atom. The maximum Gasteiger partial charge on any atom is 0.0900 e. The average Bonchev–Trinajstić information content (AvgIpc) is 2.83. The number of benzene rings is 2. The monoisotopic (exact) mass is 296 g/mol. The van der Waals surface area contributed by atoms with Crippen LogP contribution in [-0.2, 0) is 6.54 Å². The fourth-order valence-electron chi connectivity index (χ4n) is 2.66. The number of fused-ring (bicyclic) bond motifs is 1. The van der Waals surface area contributed by atoms with Gasteiger partial charge in [0.25, 0.3) is 0 Å². The number of hydrogen-bond acceptors (Lipinski definition) is 3. The SMILES string of the molecule is Cc1nc(C)c(C(C)NCc2ccc3ccccc3c2)s1. The molecule has 1 unspecified atom stereocenters.